The van der Waals surface area contributed by atoms with E-state index in [0.717, 1.165) is 23.6 Å². The summed E-state index contributed by atoms with van der Waals surface area (Å²) in [6, 6.07) is 8.65. The van der Waals surface area contributed by atoms with Crippen LogP contribution in [-0.2, 0) is 0 Å². The Morgan fingerprint density at radius 1 is 1.22 bits per heavy atom. The molecule has 1 heterocycles. The maximum atomic E-state index is 13.6. The standard InChI is InChI=1S/C14H16FN3/c1-3-16-14-9-11(6-7-17-14)18-13-8-10(2)4-5-12(13)15/h4-9H,3H2,1-2H3,(H2,16,17,18). The summed E-state index contributed by atoms with van der Waals surface area (Å²) in [6.45, 7) is 4.73. The maximum Gasteiger partial charge on any atom is 0.146 e. The molecule has 1 aromatic heterocycles. The number of nitrogens with one attached hydrogen (secondary N) is 2. The van der Waals surface area contributed by atoms with Crippen LogP contribution in [0, 0.1) is 12.7 Å². The molecule has 4 heteroatoms. The largest absolute Gasteiger partial charge is 0.370 e. The number of benzene rings is 1. The van der Waals surface area contributed by atoms with Crippen LogP contribution in [0.25, 0.3) is 0 Å². The first-order valence-electron chi connectivity index (χ1n) is 5.92. The Bertz CT molecular complexity index is 540. The zero-order chi connectivity index (χ0) is 13.0. The van der Waals surface area contributed by atoms with Crippen molar-refractivity contribution in [1.29, 1.82) is 0 Å². The van der Waals surface area contributed by atoms with Crippen molar-refractivity contribution in [3.05, 3.63) is 47.9 Å². The van der Waals surface area contributed by atoms with Crippen LogP contribution in [0.4, 0.5) is 21.6 Å². The van der Waals surface area contributed by atoms with Crippen molar-refractivity contribution in [2.75, 3.05) is 17.2 Å². The molecule has 2 N–H and O–H groups in total. The van der Waals surface area contributed by atoms with E-state index in [2.05, 4.69) is 15.6 Å². The summed E-state index contributed by atoms with van der Waals surface area (Å²) in [7, 11) is 0. The lowest BCUT2D eigenvalue weighted by atomic mass is 10.2. The van der Waals surface area contributed by atoms with E-state index < -0.39 is 0 Å². The summed E-state index contributed by atoms with van der Waals surface area (Å²) in [6.07, 6.45) is 1.69. The highest BCUT2D eigenvalue weighted by Gasteiger charge is 2.03. The number of nitrogens with zero attached hydrogens (tertiary/aromatic N) is 1. The molecule has 0 fully saturated rings. The van der Waals surface area contributed by atoms with Gasteiger partial charge >= 0.3 is 0 Å². The van der Waals surface area contributed by atoms with Gasteiger partial charge in [-0.15, -0.1) is 0 Å². The van der Waals surface area contributed by atoms with Crippen LogP contribution in [0.3, 0.4) is 0 Å². The second-order valence-corrected chi connectivity index (χ2v) is 4.07. The summed E-state index contributed by atoms with van der Waals surface area (Å²) < 4.78 is 13.6. The number of anilines is 3. The molecule has 1 aromatic carbocycles. The number of hydrogen-bond donors (Lipinski definition) is 2. The Balaban J connectivity index is 2.22. The highest BCUT2D eigenvalue weighted by Crippen LogP contribution is 2.22. The summed E-state index contributed by atoms with van der Waals surface area (Å²) >= 11 is 0. The van der Waals surface area contributed by atoms with Gasteiger partial charge in [-0.05, 0) is 37.6 Å². The molecule has 2 rings (SSSR count). The number of aryl methyl sites for hydroxylation is 1. The summed E-state index contributed by atoms with van der Waals surface area (Å²) in [5, 5.41) is 6.17. The predicted molar refractivity (Wildman–Crippen MR) is 72.8 cm³/mol. The molecule has 18 heavy (non-hydrogen) atoms. The fourth-order valence-corrected chi connectivity index (χ4v) is 1.68. The van der Waals surface area contributed by atoms with Gasteiger partial charge in [-0.25, -0.2) is 9.37 Å². The van der Waals surface area contributed by atoms with Gasteiger partial charge in [0.2, 0.25) is 0 Å². The lowest BCUT2D eigenvalue weighted by Crippen LogP contribution is -2.00. The van der Waals surface area contributed by atoms with Gasteiger partial charge < -0.3 is 10.6 Å². The number of rotatable bonds is 4. The lowest BCUT2D eigenvalue weighted by Gasteiger charge is -2.10. The second-order valence-electron chi connectivity index (χ2n) is 4.07. The minimum atomic E-state index is -0.262. The van der Waals surface area contributed by atoms with Crippen LogP contribution in [0.1, 0.15) is 12.5 Å². The van der Waals surface area contributed by atoms with Crippen molar-refractivity contribution in [3.63, 3.8) is 0 Å². The second kappa shape index (κ2) is 5.49. The summed E-state index contributed by atoms with van der Waals surface area (Å²) in [4.78, 5) is 4.17. The average molecular weight is 245 g/mol. The Morgan fingerprint density at radius 2 is 2.06 bits per heavy atom. The fourth-order valence-electron chi connectivity index (χ4n) is 1.68. The molecule has 0 saturated heterocycles. The van der Waals surface area contributed by atoms with Gasteiger partial charge in [0.15, 0.2) is 0 Å². The number of halogens is 1. The minimum Gasteiger partial charge on any atom is -0.370 e. The van der Waals surface area contributed by atoms with E-state index >= 15 is 0 Å². The van der Waals surface area contributed by atoms with E-state index in [0.29, 0.717) is 5.69 Å². The quantitative estimate of drug-likeness (QED) is 0.862. The zero-order valence-electron chi connectivity index (χ0n) is 10.5. The third kappa shape index (κ3) is 2.97. The topological polar surface area (TPSA) is 37.0 Å². The molecule has 0 atom stereocenters. The van der Waals surface area contributed by atoms with Crippen molar-refractivity contribution < 1.29 is 4.39 Å². The molecule has 0 bridgehead atoms. The van der Waals surface area contributed by atoms with Crippen molar-refractivity contribution in [2.45, 2.75) is 13.8 Å². The van der Waals surface area contributed by atoms with E-state index in [4.69, 9.17) is 0 Å². The van der Waals surface area contributed by atoms with Crippen LogP contribution < -0.4 is 10.6 Å². The van der Waals surface area contributed by atoms with E-state index in [9.17, 15) is 4.39 Å². The molecule has 0 unspecified atom stereocenters. The average Bonchev–Trinajstić information content (AvgIpc) is 2.35. The molecule has 0 aliphatic heterocycles. The Morgan fingerprint density at radius 3 is 2.83 bits per heavy atom. The highest BCUT2D eigenvalue weighted by molar-refractivity contribution is 5.63. The van der Waals surface area contributed by atoms with Crippen molar-refractivity contribution in [2.24, 2.45) is 0 Å². The molecule has 0 spiro atoms. The van der Waals surface area contributed by atoms with Gasteiger partial charge in [0, 0.05) is 24.5 Å². The van der Waals surface area contributed by atoms with Gasteiger partial charge in [0.05, 0.1) is 5.69 Å². The molecule has 0 radical (unpaired) electrons. The molecule has 94 valence electrons. The SMILES string of the molecule is CCNc1cc(Nc2cc(C)ccc2F)ccn1. The Labute approximate surface area is 106 Å². The molecule has 0 aliphatic rings. The lowest BCUT2D eigenvalue weighted by molar-refractivity contribution is 0.631. The van der Waals surface area contributed by atoms with Crippen molar-refractivity contribution in [3.8, 4) is 0 Å². The van der Waals surface area contributed by atoms with Gasteiger partial charge in [-0.3, -0.25) is 0 Å². The smallest absolute Gasteiger partial charge is 0.146 e. The van der Waals surface area contributed by atoms with E-state index in [1.807, 2.05) is 26.0 Å². The molecular formula is C14H16FN3. The first kappa shape index (κ1) is 12.4. The fraction of sp³-hybridized carbons (Fsp3) is 0.214. The number of pyridine rings is 1. The van der Waals surface area contributed by atoms with E-state index in [1.165, 1.54) is 6.07 Å². The van der Waals surface area contributed by atoms with Gasteiger partial charge in [-0.1, -0.05) is 6.07 Å². The van der Waals surface area contributed by atoms with Crippen LogP contribution in [0.15, 0.2) is 36.5 Å². The Hall–Kier alpha value is -2.10. The minimum absolute atomic E-state index is 0.262. The van der Waals surface area contributed by atoms with E-state index in [1.54, 1.807) is 18.3 Å². The molecular weight excluding hydrogens is 229 g/mol. The van der Waals surface area contributed by atoms with E-state index in [-0.39, 0.29) is 5.82 Å². The van der Waals surface area contributed by atoms with Gasteiger partial charge in [0.25, 0.3) is 0 Å². The number of hydrogen-bond acceptors (Lipinski definition) is 3. The van der Waals surface area contributed by atoms with Crippen LogP contribution in [0.5, 0.6) is 0 Å². The number of aromatic nitrogens is 1. The first-order chi connectivity index (χ1) is 8.69. The molecule has 0 amide bonds. The Kier molecular flexibility index (Phi) is 3.77. The monoisotopic (exact) mass is 245 g/mol. The van der Waals surface area contributed by atoms with Gasteiger partial charge in [0.1, 0.15) is 11.6 Å². The molecule has 0 saturated carbocycles. The highest BCUT2D eigenvalue weighted by atomic mass is 19.1. The molecule has 0 aliphatic carbocycles. The third-order valence-corrected chi connectivity index (χ3v) is 2.52. The predicted octanol–water partition coefficient (Wildman–Crippen LogP) is 3.70. The molecule has 3 nitrogen and oxygen atoms in total. The maximum absolute atomic E-state index is 13.6. The molecule has 2 aromatic rings. The van der Waals surface area contributed by atoms with Crippen LogP contribution in [0.2, 0.25) is 0 Å². The normalized spacial score (nSPS) is 10.2. The van der Waals surface area contributed by atoms with Gasteiger partial charge in [-0.2, -0.15) is 0 Å². The summed E-state index contributed by atoms with van der Waals surface area (Å²) in [5.41, 5.74) is 2.30. The van der Waals surface area contributed by atoms with Crippen molar-refractivity contribution >= 4 is 17.2 Å². The first-order valence-corrected chi connectivity index (χ1v) is 5.92. The third-order valence-electron chi connectivity index (χ3n) is 2.52. The van der Waals surface area contributed by atoms with Crippen LogP contribution >= 0.6 is 0 Å². The summed E-state index contributed by atoms with van der Waals surface area (Å²) in [5.74, 6) is 0.512. The van der Waals surface area contributed by atoms with Crippen LogP contribution in [-0.4, -0.2) is 11.5 Å². The van der Waals surface area contributed by atoms with Crippen molar-refractivity contribution in [1.82, 2.24) is 4.98 Å². The zero-order valence-corrected chi connectivity index (χ0v) is 10.5.